The fourth-order valence-electron chi connectivity index (χ4n) is 3.69. The number of alkyl halides is 3. The molecule has 1 aromatic heterocycles. The van der Waals surface area contributed by atoms with Gasteiger partial charge < -0.3 is 14.8 Å². The zero-order valence-corrected chi connectivity index (χ0v) is 20.9. The Hall–Kier alpha value is -1.82. The van der Waals surface area contributed by atoms with E-state index in [1.165, 1.54) is 17.4 Å². The molecule has 2 heterocycles. The Balaban J connectivity index is 0.00000363. The normalized spacial score (nSPS) is 16.5. The maximum absolute atomic E-state index is 13.0. The van der Waals surface area contributed by atoms with Crippen molar-refractivity contribution in [1.29, 1.82) is 0 Å². The first kappa shape index (κ1) is 26.4. The molecular formula is C22H32F3IN6. The molecule has 0 amide bonds. The van der Waals surface area contributed by atoms with Crippen molar-refractivity contribution in [2.24, 2.45) is 4.99 Å². The number of hydrogen-bond donors (Lipinski definition) is 1. The number of benzene rings is 1. The zero-order chi connectivity index (χ0) is 22.3. The van der Waals surface area contributed by atoms with E-state index in [1.54, 1.807) is 6.20 Å². The number of nitrogens with zero attached hydrogens (tertiary/aromatic N) is 5. The third-order valence-electron chi connectivity index (χ3n) is 5.63. The Labute approximate surface area is 204 Å². The molecule has 1 aliphatic rings. The maximum Gasteiger partial charge on any atom is 0.403 e. The minimum atomic E-state index is -4.20. The van der Waals surface area contributed by atoms with Gasteiger partial charge in [0.15, 0.2) is 5.96 Å². The molecule has 2 aromatic rings. The van der Waals surface area contributed by atoms with Gasteiger partial charge in [-0.05, 0) is 25.8 Å². The molecule has 1 fully saturated rings. The second-order valence-corrected chi connectivity index (χ2v) is 7.68. The lowest BCUT2D eigenvalue weighted by Crippen LogP contribution is -2.56. The second kappa shape index (κ2) is 12.4. The van der Waals surface area contributed by atoms with Gasteiger partial charge >= 0.3 is 6.18 Å². The van der Waals surface area contributed by atoms with Crippen molar-refractivity contribution >= 4 is 29.9 Å². The van der Waals surface area contributed by atoms with E-state index in [1.807, 2.05) is 36.2 Å². The number of guanidine groups is 1. The van der Waals surface area contributed by atoms with Gasteiger partial charge in [0.25, 0.3) is 0 Å². The summed E-state index contributed by atoms with van der Waals surface area (Å²) in [7, 11) is 0. The standard InChI is InChI=1S/C22H31F3N6.HI/c1-3-26-21(31-15-13-29(14-16-31)18(2)22(23,24)25)28-17-20-27-10-12-30(20)11-9-19-7-5-4-6-8-19;/h4-8,10,12,18H,3,9,11,13-17H2,1-2H3,(H,26,28);1H. The number of aliphatic imine (C=N–C) groups is 1. The summed E-state index contributed by atoms with van der Waals surface area (Å²) in [5, 5.41) is 3.26. The van der Waals surface area contributed by atoms with E-state index >= 15 is 0 Å². The lowest BCUT2D eigenvalue weighted by molar-refractivity contribution is -0.181. The monoisotopic (exact) mass is 564 g/mol. The zero-order valence-electron chi connectivity index (χ0n) is 18.6. The van der Waals surface area contributed by atoms with Gasteiger partial charge in [0.2, 0.25) is 0 Å². The summed E-state index contributed by atoms with van der Waals surface area (Å²) in [5.74, 6) is 1.59. The van der Waals surface area contributed by atoms with Crippen molar-refractivity contribution in [2.75, 3.05) is 32.7 Å². The molecule has 6 nitrogen and oxygen atoms in total. The van der Waals surface area contributed by atoms with Gasteiger partial charge in [-0.15, -0.1) is 24.0 Å². The third-order valence-corrected chi connectivity index (χ3v) is 5.63. The van der Waals surface area contributed by atoms with Crippen molar-refractivity contribution in [1.82, 2.24) is 24.7 Å². The first-order chi connectivity index (χ1) is 14.9. The molecule has 10 heteroatoms. The minimum absolute atomic E-state index is 0. The average molecular weight is 564 g/mol. The smallest absolute Gasteiger partial charge is 0.357 e. The number of nitrogens with one attached hydrogen (secondary N) is 1. The third kappa shape index (κ3) is 7.36. The molecule has 32 heavy (non-hydrogen) atoms. The first-order valence-corrected chi connectivity index (χ1v) is 10.8. The van der Waals surface area contributed by atoms with Gasteiger partial charge in [-0.3, -0.25) is 4.90 Å². The minimum Gasteiger partial charge on any atom is -0.357 e. The highest BCUT2D eigenvalue weighted by Gasteiger charge is 2.41. The van der Waals surface area contributed by atoms with Gasteiger partial charge in [-0.1, -0.05) is 30.3 Å². The molecule has 1 saturated heterocycles. The SMILES string of the molecule is CCNC(=NCc1nccn1CCc1ccccc1)N1CCN(C(C)C(F)(F)F)CC1.I. The topological polar surface area (TPSA) is 48.7 Å². The molecule has 1 atom stereocenters. The van der Waals surface area contributed by atoms with Crippen LogP contribution in [0.5, 0.6) is 0 Å². The van der Waals surface area contributed by atoms with Gasteiger partial charge in [-0.25, -0.2) is 9.98 Å². The van der Waals surface area contributed by atoms with Gasteiger partial charge in [0, 0.05) is 51.7 Å². The van der Waals surface area contributed by atoms with E-state index in [4.69, 9.17) is 4.99 Å². The van der Waals surface area contributed by atoms with Crippen LogP contribution < -0.4 is 5.32 Å². The summed E-state index contributed by atoms with van der Waals surface area (Å²) in [4.78, 5) is 12.7. The highest BCUT2D eigenvalue weighted by Crippen LogP contribution is 2.25. The van der Waals surface area contributed by atoms with Crippen molar-refractivity contribution in [3.8, 4) is 0 Å². The van der Waals surface area contributed by atoms with Crippen LogP contribution in [0.25, 0.3) is 0 Å². The summed E-state index contributed by atoms with van der Waals surface area (Å²) >= 11 is 0. The van der Waals surface area contributed by atoms with Crippen LogP contribution in [0, 0.1) is 0 Å². The number of piperazine rings is 1. The van der Waals surface area contributed by atoms with Crippen LogP contribution in [0.3, 0.4) is 0 Å². The molecule has 0 spiro atoms. The van der Waals surface area contributed by atoms with Gasteiger partial charge in [-0.2, -0.15) is 13.2 Å². The van der Waals surface area contributed by atoms with Crippen molar-refractivity contribution in [3.05, 3.63) is 54.1 Å². The molecule has 1 aliphatic heterocycles. The number of hydrogen-bond acceptors (Lipinski definition) is 3. The predicted octanol–water partition coefficient (Wildman–Crippen LogP) is 3.78. The Kier molecular flexibility index (Phi) is 10.3. The van der Waals surface area contributed by atoms with Crippen LogP contribution in [0.2, 0.25) is 0 Å². The molecule has 1 aromatic carbocycles. The number of imidazole rings is 1. The van der Waals surface area contributed by atoms with E-state index in [2.05, 4.69) is 27.0 Å². The predicted molar refractivity (Wildman–Crippen MR) is 131 cm³/mol. The quantitative estimate of drug-likeness (QED) is 0.316. The van der Waals surface area contributed by atoms with Crippen molar-refractivity contribution in [2.45, 2.75) is 45.6 Å². The molecule has 1 unspecified atom stereocenters. The Morgan fingerprint density at radius 3 is 2.47 bits per heavy atom. The van der Waals surface area contributed by atoms with E-state index in [0.29, 0.717) is 39.3 Å². The summed E-state index contributed by atoms with van der Waals surface area (Å²) in [6.07, 6.45) is 0.447. The average Bonchev–Trinajstić information content (AvgIpc) is 3.22. The summed E-state index contributed by atoms with van der Waals surface area (Å²) in [6, 6.07) is 8.87. The van der Waals surface area contributed by atoms with Crippen LogP contribution in [-0.2, 0) is 19.5 Å². The molecule has 1 N–H and O–H groups in total. The highest BCUT2D eigenvalue weighted by atomic mass is 127. The summed E-state index contributed by atoms with van der Waals surface area (Å²) < 4.78 is 41.1. The summed E-state index contributed by atoms with van der Waals surface area (Å²) in [5.41, 5.74) is 1.27. The van der Waals surface area contributed by atoms with Crippen LogP contribution in [-0.4, -0.2) is 70.3 Å². The number of aromatic nitrogens is 2. The highest BCUT2D eigenvalue weighted by molar-refractivity contribution is 14.0. The lowest BCUT2D eigenvalue weighted by atomic mass is 10.1. The Morgan fingerprint density at radius 2 is 1.84 bits per heavy atom. The molecule has 0 aliphatic carbocycles. The number of aryl methyl sites for hydroxylation is 2. The van der Waals surface area contributed by atoms with Crippen LogP contribution >= 0.6 is 24.0 Å². The molecule has 0 radical (unpaired) electrons. The second-order valence-electron chi connectivity index (χ2n) is 7.68. The van der Waals surface area contributed by atoms with Crippen LogP contribution in [0.15, 0.2) is 47.7 Å². The maximum atomic E-state index is 13.0. The molecule has 3 rings (SSSR count). The van der Waals surface area contributed by atoms with Crippen molar-refractivity contribution in [3.63, 3.8) is 0 Å². The first-order valence-electron chi connectivity index (χ1n) is 10.8. The lowest BCUT2D eigenvalue weighted by Gasteiger charge is -2.39. The van der Waals surface area contributed by atoms with E-state index in [9.17, 15) is 13.2 Å². The fourth-order valence-corrected chi connectivity index (χ4v) is 3.69. The molecule has 0 saturated carbocycles. The van der Waals surface area contributed by atoms with Gasteiger partial charge in [0.05, 0.1) is 0 Å². The number of halogens is 4. The Morgan fingerprint density at radius 1 is 1.16 bits per heavy atom. The Bertz CT molecular complexity index is 832. The number of rotatable bonds is 7. The van der Waals surface area contributed by atoms with Gasteiger partial charge in [0.1, 0.15) is 18.4 Å². The fraction of sp³-hybridized carbons (Fsp3) is 0.545. The largest absolute Gasteiger partial charge is 0.403 e. The van der Waals surface area contributed by atoms with Crippen LogP contribution in [0.1, 0.15) is 25.2 Å². The summed E-state index contributed by atoms with van der Waals surface area (Å²) in [6.45, 7) is 6.88. The molecule has 0 bridgehead atoms. The van der Waals surface area contributed by atoms with Crippen molar-refractivity contribution < 1.29 is 13.2 Å². The van der Waals surface area contributed by atoms with Crippen LogP contribution in [0.4, 0.5) is 13.2 Å². The van der Waals surface area contributed by atoms with E-state index in [0.717, 1.165) is 24.7 Å². The van der Waals surface area contributed by atoms with E-state index in [-0.39, 0.29) is 24.0 Å². The molecular weight excluding hydrogens is 532 g/mol. The molecule has 178 valence electrons. The van der Waals surface area contributed by atoms with E-state index < -0.39 is 12.2 Å².